The normalized spacial score (nSPS) is 29.6. The molecule has 0 aromatic carbocycles. The summed E-state index contributed by atoms with van der Waals surface area (Å²) in [7, 11) is 0. The highest BCUT2D eigenvalue weighted by Crippen LogP contribution is 2.60. The lowest BCUT2D eigenvalue weighted by Crippen LogP contribution is -2.50. The second kappa shape index (κ2) is 6.43. The molecule has 22 heavy (non-hydrogen) atoms. The first-order valence-corrected chi connectivity index (χ1v) is 7.40. The first kappa shape index (κ1) is 18.7. The number of hydrogen-bond donors (Lipinski definition) is 0. The molecule has 1 saturated carbocycles. The Morgan fingerprint density at radius 3 is 1.14 bits per heavy atom. The molecule has 0 nitrogen and oxygen atoms in total. The second-order valence-corrected chi connectivity index (χ2v) is 6.20. The van der Waals surface area contributed by atoms with Crippen LogP contribution in [-0.4, -0.2) is 11.8 Å². The molecule has 0 aromatic heterocycles. The molecule has 124 valence electrons. The molecule has 0 N–H and O–H groups in total. The quantitative estimate of drug-likeness (QED) is 0.362. The third-order valence-corrected chi connectivity index (χ3v) is 5.16. The maximum absolute atomic E-state index is 14.3. The average Bonchev–Trinajstić information content (AvgIpc) is 2.49. The summed E-state index contributed by atoms with van der Waals surface area (Å²) in [6.45, 7) is 13.5. The molecule has 1 rings (SSSR count). The highest BCUT2D eigenvalue weighted by atomic mass is 19.3. The third kappa shape index (κ3) is 2.92. The van der Waals surface area contributed by atoms with E-state index < -0.39 is 22.7 Å². The Hall–Kier alpha value is -1.32. The highest BCUT2D eigenvalue weighted by molar-refractivity contribution is 5.13. The predicted octanol–water partition coefficient (Wildman–Crippen LogP) is 6.33. The van der Waals surface area contributed by atoms with E-state index in [1.165, 1.54) is 12.2 Å². The lowest BCUT2D eigenvalue weighted by Gasteiger charge is -2.50. The Balaban J connectivity index is 3.16. The molecule has 0 radical (unpaired) electrons. The van der Waals surface area contributed by atoms with E-state index in [9.17, 15) is 17.6 Å². The van der Waals surface area contributed by atoms with Crippen molar-refractivity contribution in [1.29, 1.82) is 0 Å². The minimum atomic E-state index is -3.11. The first-order valence-electron chi connectivity index (χ1n) is 7.40. The lowest BCUT2D eigenvalue weighted by atomic mass is 9.57. The van der Waals surface area contributed by atoms with Crippen LogP contribution in [0, 0.1) is 10.8 Å². The first-order chi connectivity index (χ1) is 10.2. The van der Waals surface area contributed by atoms with Crippen LogP contribution in [-0.2, 0) is 0 Å². The molecule has 0 atom stereocenters. The number of allylic oxidation sites excluding steroid dienone is 4. The molecule has 4 heteroatoms. The minimum absolute atomic E-state index is 0.00465. The van der Waals surface area contributed by atoms with Crippen molar-refractivity contribution >= 4 is 0 Å². The summed E-state index contributed by atoms with van der Waals surface area (Å²) in [6, 6.07) is 0. The van der Waals surface area contributed by atoms with Gasteiger partial charge in [-0.3, -0.25) is 0 Å². The fourth-order valence-electron chi connectivity index (χ4n) is 3.54. The molecule has 0 heterocycles. The van der Waals surface area contributed by atoms with Crippen molar-refractivity contribution < 1.29 is 17.6 Å². The van der Waals surface area contributed by atoms with Crippen molar-refractivity contribution in [3.63, 3.8) is 0 Å². The zero-order valence-corrected chi connectivity index (χ0v) is 12.9. The van der Waals surface area contributed by atoms with E-state index in [0.717, 1.165) is 0 Å². The van der Waals surface area contributed by atoms with E-state index >= 15 is 0 Å². The maximum Gasteiger partial charge on any atom is 0.272 e. The molecule has 0 unspecified atom stereocenters. The molecular weight excluding hydrogens is 292 g/mol. The van der Waals surface area contributed by atoms with E-state index in [0.29, 0.717) is 12.2 Å². The van der Waals surface area contributed by atoms with Crippen LogP contribution in [0.5, 0.6) is 0 Å². The van der Waals surface area contributed by atoms with Crippen LogP contribution < -0.4 is 0 Å². The van der Waals surface area contributed by atoms with Gasteiger partial charge in [0.1, 0.15) is 0 Å². The van der Waals surface area contributed by atoms with E-state index in [4.69, 9.17) is 0 Å². The number of halogens is 4. The van der Waals surface area contributed by atoms with Crippen molar-refractivity contribution in [3.05, 3.63) is 50.6 Å². The van der Waals surface area contributed by atoms with Crippen molar-refractivity contribution in [3.8, 4) is 0 Å². The van der Waals surface area contributed by atoms with Crippen molar-refractivity contribution in [2.75, 3.05) is 0 Å². The molecule has 0 bridgehead atoms. The largest absolute Gasteiger partial charge is 0.272 e. The highest BCUT2D eigenvalue weighted by Gasteiger charge is 2.59. The molecule has 1 aliphatic rings. The summed E-state index contributed by atoms with van der Waals surface area (Å²) in [5.74, 6) is -6.21. The third-order valence-electron chi connectivity index (χ3n) is 5.16. The van der Waals surface area contributed by atoms with Gasteiger partial charge in [0.15, 0.2) is 0 Å². The Labute approximate surface area is 130 Å². The molecule has 1 aliphatic carbocycles. The van der Waals surface area contributed by atoms with E-state index in [1.54, 1.807) is 0 Å². The summed E-state index contributed by atoms with van der Waals surface area (Å²) in [4.78, 5) is 0. The van der Waals surface area contributed by atoms with Gasteiger partial charge in [-0.2, -0.15) is 0 Å². The monoisotopic (exact) mass is 316 g/mol. The maximum atomic E-state index is 14.3. The molecular formula is C18H24F4. The van der Waals surface area contributed by atoms with Crippen molar-refractivity contribution in [2.45, 2.75) is 50.4 Å². The van der Waals surface area contributed by atoms with Gasteiger partial charge in [-0.05, 0) is 50.7 Å². The van der Waals surface area contributed by atoms with Gasteiger partial charge < -0.3 is 0 Å². The summed E-state index contributed by atoms with van der Waals surface area (Å²) in [6.07, 6.45) is 4.26. The van der Waals surface area contributed by atoms with Gasteiger partial charge in [0.05, 0.1) is 0 Å². The van der Waals surface area contributed by atoms with Crippen LogP contribution in [0.3, 0.4) is 0 Å². The summed E-state index contributed by atoms with van der Waals surface area (Å²) < 4.78 is 57.2. The Bertz CT molecular complexity index is 398. The minimum Gasteiger partial charge on any atom is -0.201 e. The molecule has 0 saturated heterocycles. The van der Waals surface area contributed by atoms with Crippen LogP contribution in [0.1, 0.15) is 38.5 Å². The molecule has 0 amide bonds. The molecule has 0 aliphatic heterocycles. The van der Waals surface area contributed by atoms with Gasteiger partial charge >= 0.3 is 0 Å². The van der Waals surface area contributed by atoms with E-state index in [2.05, 4.69) is 26.3 Å². The Morgan fingerprint density at radius 1 is 0.682 bits per heavy atom. The fourth-order valence-corrected chi connectivity index (χ4v) is 3.54. The van der Waals surface area contributed by atoms with Crippen LogP contribution in [0.15, 0.2) is 50.6 Å². The summed E-state index contributed by atoms with van der Waals surface area (Å²) in [5.41, 5.74) is -2.75. The summed E-state index contributed by atoms with van der Waals surface area (Å²) >= 11 is 0. The van der Waals surface area contributed by atoms with Gasteiger partial charge in [0, 0.05) is 10.8 Å². The molecule has 0 aromatic rings. The van der Waals surface area contributed by atoms with Gasteiger partial charge in [0.25, 0.3) is 11.8 Å². The fraction of sp³-hybridized carbons (Fsp3) is 0.556. The topological polar surface area (TPSA) is 0 Å². The lowest BCUT2D eigenvalue weighted by molar-refractivity contribution is -0.159. The predicted molar refractivity (Wildman–Crippen MR) is 83.3 cm³/mol. The van der Waals surface area contributed by atoms with Crippen molar-refractivity contribution in [2.24, 2.45) is 10.8 Å². The van der Waals surface area contributed by atoms with Crippen LogP contribution in [0.25, 0.3) is 0 Å². The molecule has 1 fully saturated rings. The van der Waals surface area contributed by atoms with E-state index in [-0.39, 0.29) is 38.5 Å². The zero-order chi connectivity index (χ0) is 17.1. The SMILES string of the molecule is C=CCC1(C(F)(F)C=C)CCC(CC=C)(C(F)(F)C=C)CC1. The van der Waals surface area contributed by atoms with Crippen LogP contribution in [0.2, 0.25) is 0 Å². The van der Waals surface area contributed by atoms with Crippen molar-refractivity contribution in [1.82, 2.24) is 0 Å². The molecule has 0 spiro atoms. The van der Waals surface area contributed by atoms with Gasteiger partial charge in [-0.25, -0.2) is 17.6 Å². The average molecular weight is 316 g/mol. The number of hydrogen-bond acceptors (Lipinski definition) is 0. The number of rotatable bonds is 8. The number of alkyl halides is 4. The smallest absolute Gasteiger partial charge is 0.201 e. The van der Waals surface area contributed by atoms with E-state index in [1.807, 2.05) is 0 Å². The standard InChI is InChI=1S/C18H24F4/c1-5-9-15(17(19,20)7-3)11-13-16(10-6-2,14-12-15)18(21,22)8-4/h5-8H,1-4,9-14H2. The zero-order valence-electron chi connectivity index (χ0n) is 12.9. The van der Waals surface area contributed by atoms with Gasteiger partial charge in [0.2, 0.25) is 0 Å². The van der Waals surface area contributed by atoms with Crippen LogP contribution >= 0.6 is 0 Å². The Morgan fingerprint density at radius 2 is 0.955 bits per heavy atom. The Kier molecular flexibility index (Phi) is 5.47. The summed E-state index contributed by atoms with van der Waals surface area (Å²) in [5, 5.41) is 0. The van der Waals surface area contributed by atoms with Gasteiger partial charge in [-0.15, -0.1) is 13.2 Å². The second-order valence-electron chi connectivity index (χ2n) is 6.20. The van der Waals surface area contributed by atoms with Gasteiger partial charge in [-0.1, -0.05) is 25.3 Å². The van der Waals surface area contributed by atoms with Crippen LogP contribution in [0.4, 0.5) is 17.6 Å².